The van der Waals surface area contributed by atoms with Crippen LogP contribution < -0.4 is 5.32 Å². The molecule has 0 aliphatic heterocycles. The van der Waals surface area contributed by atoms with Crippen LogP contribution in [0.3, 0.4) is 0 Å². The Balaban J connectivity index is 1.52. The van der Waals surface area contributed by atoms with Crippen molar-refractivity contribution in [1.29, 1.82) is 0 Å². The van der Waals surface area contributed by atoms with Gasteiger partial charge in [0.2, 0.25) is 5.95 Å². The Hall–Kier alpha value is -1.65. The lowest BCUT2D eigenvalue weighted by Crippen LogP contribution is -2.18. The third kappa shape index (κ3) is 1.65. The second kappa shape index (κ2) is 3.43. The molecule has 0 spiro atoms. The number of nitrogens with zero attached hydrogens (tertiary/aromatic N) is 3. The highest BCUT2D eigenvalue weighted by molar-refractivity contribution is 5.43. The molecule has 2 heterocycles. The summed E-state index contributed by atoms with van der Waals surface area (Å²) in [7, 11) is 0. The van der Waals surface area contributed by atoms with E-state index in [0.717, 1.165) is 12.5 Å². The lowest BCUT2D eigenvalue weighted by atomic mass is 10.0. The zero-order chi connectivity index (χ0) is 12.2. The molecule has 0 bridgehead atoms. The fourth-order valence-electron chi connectivity index (χ4n) is 2.77. The van der Waals surface area contributed by atoms with E-state index in [9.17, 15) is 4.39 Å². The number of hydrogen-bond donors (Lipinski definition) is 1. The maximum atomic E-state index is 13.0. The Kier molecular flexibility index (Phi) is 1.96. The van der Waals surface area contributed by atoms with E-state index in [0.29, 0.717) is 17.0 Å². The second-order valence-corrected chi connectivity index (χ2v) is 5.58. The average Bonchev–Trinajstić information content (AvgIpc) is 3.22. The zero-order valence-corrected chi connectivity index (χ0v) is 10.1. The molecule has 18 heavy (non-hydrogen) atoms. The molecule has 0 unspecified atom stereocenters. The molecule has 4 rings (SSSR count). The van der Waals surface area contributed by atoms with Crippen molar-refractivity contribution in [2.75, 3.05) is 11.9 Å². The highest BCUT2D eigenvalue weighted by Gasteiger charge is 2.53. The second-order valence-electron chi connectivity index (χ2n) is 5.58. The predicted octanol–water partition coefficient (Wildman–Crippen LogP) is 2.47. The van der Waals surface area contributed by atoms with Crippen molar-refractivity contribution in [2.45, 2.75) is 25.7 Å². The van der Waals surface area contributed by atoms with Gasteiger partial charge in [0, 0.05) is 6.54 Å². The lowest BCUT2D eigenvalue weighted by molar-refractivity contribution is 0.465. The fraction of sp³-hybridized carbons (Fsp3) is 0.538. The number of halogens is 1. The molecule has 2 fully saturated rings. The zero-order valence-electron chi connectivity index (χ0n) is 10.1. The van der Waals surface area contributed by atoms with Crippen LogP contribution in [0.25, 0.3) is 5.65 Å². The van der Waals surface area contributed by atoms with Crippen LogP contribution in [0, 0.1) is 17.2 Å². The topological polar surface area (TPSA) is 42.2 Å². The van der Waals surface area contributed by atoms with E-state index in [2.05, 4.69) is 15.4 Å². The summed E-state index contributed by atoms with van der Waals surface area (Å²) < 4.78 is 14.5. The third-order valence-electron chi connectivity index (χ3n) is 4.23. The maximum absolute atomic E-state index is 13.0. The minimum atomic E-state index is -0.296. The van der Waals surface area contributed by atoms with Gasteiger partial charge in [-0.25, -0.2) is 8.91 Å². The molecule has 0 aromatic carbocycles. The number of aromatic nitrogens is 3. The van der Waals surface area contributed by atoms with Gasteiger partial charge < -0.3 is 5.32 Å². The summed E-state index contributed by atoms with van der Waals surface area (Å²) in [5, 5.41) is 7.55. The van der Waals surface area contributed by atoms with Gasteiger partial charge in [0.15, 0.2) is 5.65 Å². The van der Waals surface area contributed by atoms with Crippen molar-refractivity contribution >= 4 is 11.6 Å². The number of rotatable bonds is 4. The first-order chi connectivity index (χ1) is 8.75. The van der Waals surface area contributed by atoms with Crippen LogP contribution in [-0.2, 0) is 0 Å². The smallest absolute Gasteiger partial charge is 0.243 e. The van der Waals surface area contributed by atoms with Gasteiger partial charge in [-0.15, -0.1) is 5.10 Å². The molecular weight excluding hydrogens is 231 g/mol. The molecule has 2 aromatic heterocycles. The van der Waals surface area contributed by atoms with Gasteiger partial charge in [-0.3, -0.25) is 0 Å². The summed E-state index contributed by atoms with van der Waals surface area (Å²) >= 11 is 0. The van der Waals surface area contributed by atoms with Crippen LogP contribution in [0.1, 0.15) is 25.7 Å². The Morgan fingerprint density at radius 1 is 1.39 bits per heavy atom. The standard InChI is InChI=1S/C13H15FN4/c14-10-3-4-11-16-12(17-18(11)7-10)15-8-13(5-6-13)9-1-2-9/h3-4,7,9H,1-2,5-6,8H2,(H,15,17). The van der Waals surface area contributed by atoms with Crippen LogP contribution in [0.5, 0.6) is 0 Å². The van der Waals surface area contributed by atoms with E-state index < -0.39 is 0 Å². The van der Waals surface area contributed by atoms with Crippen molar-refractivity contribution in [3.8, 4) is 0 Å². The van der Waals surface area contributed by atoms with Crippen LogP contribution in [0.4, 0.5) is 10.3 Å². The fourth-order valence-corrected chi connectivity index (χ4v) is 2.77. The number of nitrogens with one attached hydrogen (secondary N) is 1. The van der Waals surface area contributed by atoms with Crippen molar-refractivity contribution in [2.24, 2.45) is 11.3 Å². The molecule has 5 heteroatoms. The number of fused-ring (bicyclic) bond motifs is 1. The molecule has 94 valence electrons. The number of hydrogen-bond acceptors (Lipinski definition) is 3. The van der Waals surface area contributed by atoms with E-state index in [-0.39, 0.29) is 5.82 Å². The Morgan fingerprint density at radius 3 is 2.94 bits per heavy atom. The monoisotopic (exact) mass is 246 g/mol. The summed E-state index contributed by atoms with van der Waals surface area (Å²) in [4.78, 5) is 4.34. The van der Waals surface area contributed by atoms with E-state index in [1.807, 2.05) is 0 Å². The van der Waals surface area contributed by atoms with Gasteiger partial charge in [0.1, 0.15) is 5.82 Å². The summed E-state index contributed by atoms with van der Waals surface area (Å²) in [6, 6.07) is 3.04. The average molecular weight is 246 g/mol. The van der Waals surface area contributed by atoms with Gasteiger partial charge in [-0.05, 0) is 49.1 Å². The molecular formula is C13H15FN4. The van der Waals surface area contributed by atoms with Gasteiger partial charge >= 0.3 is 0 Å². The molecule has 1 N–H and O–H groups in total. The van der Waals surface area contributed by atoms with E-state index in [4.69, 9.17) is 0 Å². The minimum absolute atomic E-state index is 0.296. The molecule has 2 aliphatic rings. The predicted molar refractivity (Wildman–Crippen MR) is 65.8 cm³/mol. The molecule has 0 radical (unpaired) electrons. The normalized spacial score (nSPS) is 21.2. The van der Waals surface area contributed by atoms with Gasteiger partial charge in [0.05, 0.1) is 6.20 Å². The molecule has 2 aromatic rings. The van der Waals surface area contributed by atoms with Gasteiger partial charge in [0.25, 0.3) is 0 Å². The van der Waals surface area contributed by atoms with Crippen LogP contribution in [-0.4, -0.2) is 21.1 Å². The van der Waals surface area contributed by atoms with Crippen LogP contribution in [0.2, 0.25) is 0 Å². The summed E-state index contributed by atoms with van der Waals surface area (Å²) in [6.07, 6.45) is 6.76. The molecule has 0 amide bonds. The SMILES string of the molecule is Fc1ccc2nc(NCC3(C4CC4)CC3)nn2c1. The van der Waals surface area contributed by atoms with Crippen molar-refractivity contribution < 1.29 is 4.39 Å². The first-order valence-corrected chi connectivity index (χ1v) is 6.51. The summed E-state index contributed by atoms with van der Waals surface area (Å²) in [5.74, 6) is 1.22. The maximum Gasteiger partial charge on any atom is 0.243 e. The van der Waals surface area contributed by atoms with Crippen molar-refractivity contribution in [1.82, 2.24) is 14.6 Å². The van der Waals surface area contributed by atoms with Crippen LogP contribution >= 0.6 is 0 Å². The Bertz CT molecular complexity index is 598. The van der Waals surface area contributed by atoms with Crippen molar-refractivity contribution in [3.05, 3.63) is 24.1 Å². The number of anilines is 1. The highest BCUT2D eigenvalue weighted by Crippen LogP contribution is 2.61. The Labute approximate surface area is 104 Å². The summed E-state index contributed by atoms with van der Waals surface area (Å²) in [6.45, 7) is 0.955. The molecule has 0 atom stereocenters. The quantitative estimate of drug-likeness (QED) is 0.901. The van der Waals surface area contributed by atoms with Crippen LogP contribution in [0.15, 0.2) is 18.3 Å². The third-order valence-corrected chi connectivity index (χ3v) is 4.23. The Morgan fingerprint density at radius 2 is 2.22 bits per heavy atom. The molecule has 2 saturated carbocycles. The number of pyridine rings is 1. The summed E-state index contributed by atoms with van der Waals surface area (Å²) in [5.41, 5.74) is 1.19. The first kappa shape index (κ1) is 10.3. The van der Waals surface area contributed by atoms with E-state index >= 15 is 0 Å². The molecule has 4 nitrogen and oxygen atoms in total. The molecule has 2 aliphatic carbocycles. The molecule has 0 saturated heterocycles. The van der Waals surface area contributed by atoms with E-state index in [1.54, 1.807) is 6.07 Å². The van der Waals surface area contributed by atoms with Gasteiger partial charge in [-0.1, -0.05) is 0 Å². The first-order valence-electron chi connectivity index (χ1n) is 6.51. The largest absolute Gasteiger partial charge is 0.352 e. The highest BCUT2D eigenvalue weighted by atomic mass is 19.1. The van der Waals surface area contributed by atoms with Gasteiger partial charge in [-0.2, -0.15) is 4.98 Å². The van der Waals surface area contributed by atoms with Crippen molar-refractivity contribution in [3.63, 3.8) is 0 Å². The lowest BCUT2D eigenvalue weighted by Gasteiger charge is -2.13. The minimum Gasteiger partial charge on any atom is -0.352 e. The van der Waals surface area contributed by atoms with E-state index in [1.165, 1.54) is 42.5 Å².